The lowest BCUT2D eigenvalue weighted by Gasteiger charge is -2.22. The highest BCUT2D eigenvalue weighted by Gasteiger charge is 2.31. The number of hydrogen-bond acceptors (Lipinski definition) is 2. The summed E-state index contributed by atoms with van der Waals surface area (Å²) in [4.78, 5) is 14.8. The number of para-hydroxylation sites is 2. The fourth-order valence-corrected chi connectivity index (χ4v) is 4.84. The van der Waals surface area contributed by atoms with Crippen LogP contribution in [0, 0.1) is 0 Å². The van der Waals surface area contributed by atoms with Crippen molar-refractivity contribution >= 4 is 44.2 Å². The zero-order chi connectivity index (χ0) is 20.2. The van der Waals surface area contributed by atoms with E-state index in [0.717, 1.165) is 27.5 Å². The summed E-state index contributed by atoms with van der Waals surface area (Å²) >= 11 is 0. The van der Waals surface area contributed by atoms with Crippen molar-refractivity contribution in [3.8, 4) is 0 Å². The molecule has 0 radical (unpaired) electrons. The Labute approximate surface area is 173 Å². The Hall–Kier alpha value is -3.63. The van der Waals surface area contributed by atoms with Gasteiger partial charge in [0, 0.05) is 32.8 Å². The Bertz CT molecular complexity index is 1390. The van der Waals surface area contributed by atoms with E-state index in [2.05, 4.69) is 28.8 Å². The van der Waals surface area contributed by atoms with Gasteiger partial charge in [0.15, 0.2) is 0 Å². The Kier molecular flexibility index (Phi) is 3.70. The highest BCUT2D eigenvalue weighted by molar-refractivity contribution is 6.25. The molecule has 0 fully saturated rings. The fraction of sp³-hybridized carbons (Fsp3) is 0.115. The molecule has 2 heterocycles. The van der Waals surface area contributed by atoms with Gasteiger partial charge in [0.25, 0.3) is 5.91 Å². The molecule has 1 amide bonds. The summed E-state index contributed by atoms with van der Waals surface area (Å²) in [6.07, 6.45) is -0.697. The van der Waals surface area contributed by atoms with E-state index >= 15 is 0 Å². The van der Waals surface area contributed by atoms with Crippen LogP contribution in [0.25, 0.3) is 32.6 Å². The van der Waals surface area contributed by atoms with Gasteiger partial charge >= 0.3 is 0 Å². The third kappa shape index (κ3) is 2.41. The molecular formula is C26H20N2O2. The zero-order valence-electron chi connectivity index (χ0n) is 16.3. The summed E-state index contributed by atoms with van der Waals surface area (Å²) in [5, 5.41) is 15.4. The fourth-order valence-electron chi connectivity index (χ4n) is 4.84. The van der Waals surface area contributed by atoms with E-state index in [1.165, 1.54) is 10.8 Å². The van der Waals surface area contributed by atoms with Crippen molar-refractivity contribution in [2.75, 3.05) is 11.4 Å². The molecule has 1 aliphatic rings. The maximum atomic E-state index is 13.0. The second kappa shape index (κ2) is 6.44. The summed E-state index contributed by atoms with van der Waals surface area (Å²) < 4.78 is 2.16. The SMILES string of the molecule is O=C1c2cccc3cccc(c23)N1C[C@H](O)Cn1c2ccccc2c2ccccc21. The van der Waals surface area contributed by atoms with Crippen molar-refractivity contribution < 1.29 is 9.90 Å². The summed E-state index contributed by atoms with van der Waals surface area (Å²) in [6.45, 7) is 0.678. The molecule has 0 bridgehead atoms. The van der Waals surface area contributed by atoms with Gasteiger partial charge in [-0.05, 0) is 29.7 Å². The topological polar surface area (TPSA) is 45.5 Å². The van der Waals surface area contributed by atoms with Crippen LogP contribution in [0.1, 0.15) is 10.4 Å². The van der Waals surface area contributed by atoms with Gasteiger partial charge in [-0.2, -0.15) is 0 Å². The first kappa shape index (κ1) is 17.2. The minimum Gasteiger partial charge on any atom is -0.389 e. The number of aliphatic hydroxyl groups excluding tert-OH is 1. The molecule has 0 aliphatic carbocycles. The first-order chi connectivity index (χ1) is 14.7. The van der Waals surface area contributed by atoms with Crippen LogP contribution in [0.15, 0.2) is 84.9 Å². The van der Waals surface area contributed by atoms with Gasteiger partial charge in [-0.3, -0.25) is 4.79 Å². The first-order valence-electron chi connectivity index (χ1n) is 10.2. The van der Waals surface area contributed by atoms with Crippen molar-refractivity contribution in [3.05, 3.63) is 90.5 Å². The summed E-state index contributed by atoms with van der Waals surface area (Å²) in [6, 6.07) is 28.3. The van der Waals surface area contributed by atoms with Crippen molar-refractivity contribution in [2.24, 2.45) is 0 Å². The highest BCUT2D eigenvalue weighted by atomic mass is 16.3. The molecule has 0 saturated carbocycles. The number of aliphatic hydroxyl groups is 1. The number of rotatable bonds is 4. The Morgan fingerprint density at radius 2 is 1.37 bits per heavy atom. The average molecular weight is 392 g/mol. The van der Waals surface area contributed by atoms with Gasteiger partial charge in [-0.25, -0.2) is 0 Å². The molecule has 0 unspecified atom stereocenters. The maximum Gasteiger partial charge on any atom is 0.259 e. The molecule has 0 saturated heterocycles. The van der Waals surface area contributed by atoms with Gasteiger partial charge in [-0.15, -0.1) is 0 Å². The number of fused-ring (bicyclic) bond motifs is 3. The van der Waals surface area contributed by atoms with Crippen molar-refractivity contribution in [3.63, 3.8) is 0 Å². The lowest BCUT2D eigenvalue weighted by Crippen LogP contribution is -2.36. The quantitative estimate of drug-likeness (QED) is 0.469. The molecule has 5 aromatic rings. The molecule has 1 N–H and O–H groups in total. The lowest BCUT2D eigenvalue weighted by atomic mass is 10.1. The van der Waals surface area contributed by atoms with Crippen molar-refractivity contribution in [2.45, 2.75) is 12.6 Å². The number of nitrogens with zero attached hydrogens (tertiary/aromatic N) is 2. The molecule has 0 spiro atoms. The third-order valence-corrected chi connectivity index (χ3v) is 6.12. The van der Waals surface area contributed by atoms with E-state index < -0.39 is 6.10 Å². The Morgan fingerprint density at radius 3 is 2.07 bits per heavy atom. The van der Waals surface area contributed by atoms with Crippen LogP contribution in [0.4, 0.5) is 5.69 Å². The lowest BCUT2D eigenvalue weighted by molar-refractivity contribution is 0.0962. The predicted molar refractivity (Wildman–Crippen MR) is 121 cm³/mol. The average Bonchev–Trinajstić information content (AvgIpc) is 3.24. The molecule has 1 aliphatic heterocycles. The smallest absolute Gasteiger partial charge is 0.259 e. The van der Waals surface area contributed by atoms with Crippen molar-refractivity contribution in [1.82, 2.24) is 4.57 Å². The van der Waals surface area contributed by atoms with Crippen LogP contribution in [0.2, 0.25) is 0 Å². The minimum absolute atomic E-state index is 0.0388. The Balaban J connectivity index is 1.37. The number of amides is 1. The number of benzene rings is 4. The molecule has 4 aromatic carbocycles. The van der Waals surface area contributed by atoms with Gasteiger partial charge in [0.05, 0.1) is 24.9 Å². The first-order valence-corrected chi connectivity index (χ1v) is 10.2. The summed E-state index contributed by atoms with van der Waals surface area (Å²) in [7, 11) is 0. The van der Waals surface area contributed by atoms with Crippen LogP contribution >= 0.6 is 0 Å². The number of carbonyl (C=O) groups is 1. The molecule has 30 heavy (non-hydrogen) atoms. The summed E-state index contributed by atoms with van der Waals surface area (Å²) in [5.41, 5.74) is 3.79. The predicted octanol–water partition coefficient (Wildman–Crippen LogP) is 4.97. The maximum absolute atomic E-state index is 13.0. The van der Waals surface area contributed by atoms with E-state index in [-0.39, 0.29) is 12.5 Å². The number of hydrogen-bond donors (Lipinski definition) is 1. The number of anilines is 1. The molecule has 146 valence electrons. The molecular weight excluding hydrogens is 372 g/mol. The number of aromatic nitrogens is 1. The van der Waals surface area contributed by atoms with Crippen LogP contribution in [0.3, 0.4) is 0 Å². The standard InChI is InChI=1S/C26H20N2O2/c29-18(15-27-22-12-3-1-9-19(22)20-10-2-4-13-23(20)27)16-28-24-14-6-8-17-7-5-11-21(25(17)24)26(28)30/h1-14,18,29H,15-16H2/t18-/m1/s1. The zero-order valence-corrected chi connectivity index (χ0v) is 16.3. The molecule has 6 rings (SSSR count). The van der Waals surface area contributed by atoms with Crippen LogP contribution in [0.5, 0.6) is 0 Å². The monoisotopic (exact) mass is 392 g/mol. The van der Waals surface area contributed by atoms with E-state index in [1.807, 2.05) is 60.7 Å². The number of β-amino-alcohol motifs (C(OH)–C–C–N with tert-alkyl or cyclic N) is 1. The van der Waals surface area contributed by atoms with E-state index in [4.69, 9.17) is 0 Å². The van der Waals surface area contributed by atoms with Crippen molar-refractivity contribution in [1.29, 1.82) is 0 Å². The molecule has 1 aromatic heterocycles. The second-order valence-electron chi connectivity index (χ2n) is 7.90. The second-order valence-corrected chi connectivity index (χ2v) is 7.90. The number of carbonyl (C=O) groups excluding carboxylic acids is 1. The summed E-state index contributed by atoms with van der Waals surface area (Å²) in [5.74, 6) is -0.0388. The van der Waals surface area contributed by atoms with Gasteiger partial charge < -0.3 is 14.6 Å². The van der Waals surface area contributed by atoms with Crippen LogP contribution in [-0.2, 0) is 6.54 Å². The highest BCUT2D eigenvalue weighted by Crippen LogP contribution is 2.37. The van der Waals surface area contributed by atoms with Crippen LogP contribution < -0.4 is 4.90 Å². The molecule has 4 heteroatoms. The largest absolute Gasteiger partial charge is 0.389 e. The minimum atomic E-state index is -0.697. The van der Waals surface area contributed by atoms with Gasteiger partial charge in [0.2, 0.25) is 0 Å². The molecule has 4 nitrogen and oxygen atoms in total. The van der Waals surface area contributed by atoms with Gasteiger partial charge in [0.1, 0.15) is 0 Å². The van der Waals surface area contributed by atoms with E-state index in [9.17, 15) is 9.90 Å². The van der Waals surface area contributed by atoms with E-state index in [0.29, 0.717) is 12.1 Å². The Morgan fingerprint density at radius 1 is 0.733 bits per heavy atom. The van der Waals surface area contributed by atoms with Crippen LogP contribution in [-0.4, -0.2) is 28.2 Å². The van der Waals surface area contributed by atoms with Gasteiger partial charge in [-0.1, -0.05) is 60.7 Å². The molecule has 1 atom stereocenters. The third-order valence-electron chi connectivity index (χ3n) is 6.12. The normalized spacial score (nSPS) is 14.3. The van der Waals surface area contributed by atoms with E-state index in [1.54, 1.807) is 4.90 Å².